The Labute approximate surface area is 148 Å². The van der Waals surface area contributed by atoms with Crippen molar-refractivity contribution in [2.24, 2.45) is 0 Å². The van der Waals surface area contributed by atoms with Gasteiger partial charge in [0.05, 0.1) is 14.5 Å². The summed E-state index contributed by atoms with van der Waals surface area (Å²) in [4.78, 5) is 5.79. The summed E-state index contributed by atoms with van der Waals surface area (Å²) >= 11 is 10.4. The molecule has 2 nitrogen and oxygen atoms in total. The zero-order chi connectivity index (χ0) is 14.8. The van der Waals surface area contributed by atoms with Gasteiger partial charge in [0.15, 0.2) is 0 Å². The molecule has 1 aromatic carbocycles. The predicted molar refractivity (Wildman–Crippen MR) is 99.3 cm³/mol. The van der Waals surface area contributed by atoms with Crippen molar-refractivity contribution in [1.29, 1.82) is 0 Å². The summed E-state index contributed by atoms with van der Waals surface area (Å²) in [5, 5.41) is 6.63. The number of benzene rings is 1. The number of nitrogens with zero attached hydrogens (tertiary/aromatic N) is 1. The van der Waals surface area contributed by atoms with Crippen molar-refractivity contribution >= 4 is 60.2 Å². The monoisotopic (exact) mass is 442 g/mol. The maximum atomic E-state index is 4.51. The molecule has 0 aliphatic rings. The fraction of sp³-hybridized carbons (Fsp3) is 0.133. The second kappa shape index (κ2) is 6.60. The lowest BCUT2D eigenvalue weighted by molar-refractivity contribution is 1.19. The first-order valence-electron chi connectivity index (χ1n) is 6.32. The van der Waals surface area contributed by atoms with Crippen molar-refractivity contribution in [3.63, 3.8) is 0 Å². The van der Waals surface area contributed by atoms with E-state index in [2.05, 4.69) is 77.9 Å². The van der Waals surface area contributed by atoms with Crippen molar-refractivity contribution in [3.05, 3.63) is 53.9 Å². The molecule has 0 saturated carbocycles. The molecule has 6 heteroatoms. The summed E-state index contributed by atoms with van der Waals surface area (Å²) in [7, 11) is 0. The summed E-state index contributed by atoms with van der Waals surface area (Å²) in [5.41, 5.74) is 3.33. The number of nitrogens with one attached hydrogen (secondary N) is 1. The molecule has 0 spiro atoms. The summed E-state index contributed by atoms with van der Waals surface area (Å²) < 4.78 is 2.24. The molecule has 3 aromatic rings. The van der Waals surface area contributed by atoms with Gasteiger partial charge in [-0.25, -0.2) is 4.98 Å². The van der Waals surface area contributed by atoms with Gasteiger partial charge >= 0.3 is 0 Å². The third kappa shape index (κ3) is 3.74. The van der Waals surface area contributed by atoms with Gasteiger partial charge in [-0.15, -0.1) is 22.7 Å². The highest BCUT2D eigenvalue weighted by Gasteiger charge is 2.05. The highest BCUT2D eigenvalue weighted by atomic mass is 79.9. The molecule has 0 fully saturated rings. The minimum atomic E-state index is 0.823. The van der Waals surface area contributed by atoms with Crippen LogP contribution in [0.4, 0.5) is 5.69 Å². The largest absolute Gasteiger partial charge is 0.380 e. The Bertz CT molecular complexity index is 728. The summed E-state index contributed by atoms with van der Waals surface area (Å²) in [6, 6.07) is 10.5. The van der Waals surface area contributed by atoms with Crippen LogP contribution in [0.2, 0.25) is 0 Å². The molecular formula is C15H12Br2N2S2. The number of anilines is 1. The maximum absolute atomic E-state index is 4.51. The molecule has 0 bridgehead atoms. The van der Waals surface area contributed by atoms with E-state index >= 15 is 0 Å². The van der Waals surface area contributed by atoms with Crippen molar-refractivity contribution in [2.75, 3.05) is 5.32 Å². The normalized spacial score (nSPS) is 10.8. The van der Waals surface area contributed by atoms with Crippen LogP contribution in [0.3, 0.4) is 0 Å². The minimum absolute atomic E-state index is 0.823. The number of rotatable bonds is 4. The van der Waals surface area contributed by atoms with Gasteiger partial charge in [-0.2, -0.15) is 0 Å². The molecular weight excluding hydrogens is 432 g/mol. The fourth-order valence-electron chi connectivity index (χ4n) is 1.92. The van der Waals surface area contributed by atoms with Crippen LogP contribution in [0.25, 0.3) is 11.3 Å². The lowest BCUT2D eigenvalue weighted by atomic mass is 10.1. The molecule has 108 valence electrons. The first kappa shape index (κ1) is 15.2. The number of halogens is 2. The van der Waals surface area contributed by atoms with Crippen LogP contribution in [-0.2, 0) is 6.54 Å². The van der Waals surface area contributed by atoms with E-state index in [1.54, 1.807) is 22.7 Å². The Kier molecular flexibility index (Phi) is 4.78. The Hall–Kier alpha value is -0.690. The van der Waals surface area contributed by atoms with Crippen molar-refractivity contribution in [2.45, 2.75) is 13.5 Å². The van der Waals surface area contributed by atoms with Crippen LogP contribution in [0.15, 0.2) is 44.0 Å². The van der Waals surface area contributed by atoms with Crippen LogP contribution in [0, 0.1) is 6.92 Å². The molecule has 0 saturated heterocycles. The third-order valence-corrected chi connectivity index (χ3v) is 6.99. The highest BCUT2D eigenvalue weighted by Crippen LogP contribution is 2.32. The molecule has 0 atom stereocenters. The topological polar surface area (TPSA) is 24.9 Å². The van der Waals surface area contributed by atoms with Crippen molar-refractivity contribution < 1.29 is 0 Å². The average Bonchev–Trinajstić information content (AvgIpc) is 3.04. The van der Waals surface area contributed by atoms with Gasteiger partial charge in [-0.1, -0.05) is 12.1 Å². The van der Waals surface area contributed by atoms with Crippen LogP contribution < -0.4 is 5.32 Å². The zero-order valence-corrected chi connectivity index (χ0v) is 16.0. The Morgan fingerprint density at radius 3 is 2.52 bits per heavy atom. The number of thiazole rings is 1. The van der Waals surface area contributed by atoms with E-state index in [0.29, 0.717) is 0 Å². The fourth-order valence-corrected chi connectivity index (χ4v) is 4.66. The zero-order valence-electron chi connectivity index (χ0n) is 11.2. The van der Waals surface area contributed by atoms with E-state index < -0.39 is 0 Å². The van der Waals surface area contributed by atoms with Gasteiger partial charge in [0, 0.05) is 32.5 Å². The Morgan fingerprint density at radius 1 is 1.19 bits per heavy atom. The third-order valence-electron chi connectivity index (χ3n) is 2.96. The predicted octanol–water partition coefficient (Wildman–Crippen LogP) is 6.32. The van der Waals surface area contributed by atoms with E-state index in [1.165, 1.54) is 4.88 Å². The molecule has 0 aliphatic heterocycles. The van der Waals surface area contributed by atoms with Crippen LogP contribution >= 0.6 is 54.5 Å². The van der Waals surface area contributed by atoms with Gasteiger partial charge in [0.25, 0.3) is 0 Å². The number of hydrogen-bond acceptors (Lipinski definition) is 4. The molecule has 0 amide bonds. The molecule has 2 heterocycles. The molecule has 0 aliphatic carbocycles. The molecule has 0 radical (unpaired) electrons. The number of thiophene rings is 1. The first-order chi connectivity index (χ1) is 10.1. The van der Waals surface area contributed by atoms with Gasteiger partial charge < -0.3 is 5.32 Å². The number of hydrogen-bond donors (Lipinski definition) is 1. The van der Waals surface area contributed by atoms with Crippen LogP contribution in [0.5, 0.6) is 0 Å². The highest BCUT2D eigenvalue weighted by molar-refractivity contribution is 9.13. The molecule has 3 rings (SSSR count). The molecule has 0 unspecified atom stereocenters. The van der Waals surface area contributed by atoms with E-state index in [9.17, 15) is 0 Å². The first-order valence-corrected chi connectivity index (χ1v) is 9.60. The average molecular weight is 444 g/mol. The molecule has 2 aromatic heterocycles. The molecule has 1 N–H and O–H groups in total. The Morgan fingerprint density at radius 2 is 1.95 bits per heavy atom. The van der Waals surface area contributed by atoms with Crippen molar-refractivity contribution in [1.82, 2.24) is 4.98 Å². The lowest BCUT2D eigenvalue weighted by Crippen LogP contribution is -1.96. The second-order valence-corrected chi connectivity index (χ2v) is 8.89. The number of aromatic nitrogens is 1. The van der Waals surface area contributed by atoms with E-state index in [0.717, 1.165) is 36.8 Å². The minimum Gasteiger partial charge on any atom is -0.380 e. The summed E-state index contributed by atoms with van der Waals surface area (Å²) in [6.07, 6.45) is 0. The maximum Gasteiger partial charge on any atom is 0.0901 e. The van der Waals surface area contributed by atoms with Crippen molar-refractivity contribution in [3.8, 4) is 11.3 Å². The second-order valence-electron chi connectivity index (χ2n) is 4.52. The molecule has 21 heavy (non-hydrogen) atoms. The van der Waals surface area contributed by atoms with E-state index in [4.69, 9.17) is 0 Å². The van der Waals surface area contributed by atoms with Crippen LogP contribution in [0.1, 0.15) is 9.88 Å². The summed E-state index contributed by atoms with van der Waals surface area (Å²) in [6.45, 7) is 2.85. The SMILES string of the molecule is Cc1nc(-c2ccc(NCc3cc(Br)c(Br)s3)cc2)cs1. The Balaban J connectivity index is 1.67. The quantitative estimate of drug-likeness (QED) is 0.510. The van der Waals surface area contributed by atoms with E-state index in [-0.39, 0.29) is 0 Å². The van der Waals surface area contributed by atoms with Gasteiger partial charge in [0.2, 0.25) is 0 Å². The lowest BCUT2D eigenvalue weighted by Gasteiger charge is -2.05. The standard InChI is InChI=1S/C15H12Br2N2S2/c1-9-19-14(8-20-9)10-2-4-11(5-3-10)18-7-12-6-13(16)15(17)21-12/h2-6,8,18H,7H2,1H3. The summed E-state index contributed by atoms with van der Waals surface area (Å²) in [5.74, 6) is 0. The smallest absolute Gasteiger partial charge is 0.0901 e. The van der Waals surface area contributed by atoms with Gasteiger partial charge in [-0.05, 0) is 57.0 Å². The van der Waals surface area contributed by atoms with Gasteiger partial charge in [-0.3, -0.25) is 0 Å². The van der Waals surface area contributed by atoms with Crippen LogP contribution in [-0.4, -0.2) is 4.98 Å². The number of aryl methyl sites for hydroxylation is 1. The van der Waals surface area contributed by atoms with E-state index in [1.807, 2.05) is 6.92 Å². The van der Waals surface area contributed by atoms with Gasteiger partial charge in [0.1, 0.15) is 0 Å².